The van der Waals surface area contributed by atoms with Crippen LogP contribution in [0.1, 0.15) is 22.3 Å². The highest BCUT2D eigenvalue weighted by Gasteiger charge is 2.40. The number of halogens is 2. The summed E-state index contributed by atoms with van der Waals surface area (Å²) >= 11 is 12.0. The Labute approximate surface area is 205 Å². The second kappa shape index (κ2) is 8.65. The second-order valence-corrected chi connectivity index (χ2v) is 13.3. The smallest absolute Gasteiger partial charge is 0.282 e. The second-order valence-electron chi connectivity index (χ2n) is 7.09. The van der Waals surface area contributed by atoms with Crippen molar-refractivity contribution in [2.45, 2.75) is 47.3 Å². The van der Waals surface area contributed by atoms with E-state index in [-0.39, 0.29) is 0 Å². The molecule has 0 aliphatic heterocycles. The fourth-order valence-corrected chi connectivity index (χ4v) is 8.20. The lowest BCUT2D eigenvalue weighted by Gasteiger charge is -2.24. The number of hydrogen-bond acceptors (Lipinski definition) is 8. The molecule has 0 heterocycles. The molecule has 0 saturated carbocycles. The Morgan fingerprint density at radius 2 is 0.588 bits per heavy atom. The van der Waals surface area contributed by atoms with E-state index in [9.17, 15) is 51.9 Å². The monoisotopic (exact) mass is 598 g/mol. The Hall–Kier alpha value is -1.34. The maximum Gasteiger partial charge on any atom is 0.295 e. The fourth-order valence-electron chi connectivity index (χ4n) is 3.66. The summed E-state index contributed by atoms with van der Waals surface area (Å²) < 4.78 is 138. The summed E-state index contributed by atoms with van der Waals surface area (Å²) in [5, 5.41) is -1.21. The lowest BCUT2D eigenvalue weighted by Crippen LogP contribution is -2.18. The van der Waals surface area contributed by atoms with E-state index in [1.165, 1.54) is 0 Å². The van der Waals surface area contributed by atoms with Crippen LogP contribution in [0.3, 0.4) is 0 Å². The summed E-state index contributed by atoms with van der Waals surface area (Å²) in [4.78, 5) is -5.64. The van der Waals surface area contributed by atoms with Crippen molar-refractivity contribution in [2.75, 3.05) is 0 Å². The van der Waals surface area contributed by atoms with Gasteiger partial charge in [-0.25, -0.2) is 0 Å². The number of rotatable bonds is 5. The van der Waals surface area contributed by atoms with E-state index in [2.05, 4.69) is 0 Å². The molecule has 0 aliphatic carbocycles. The zero-order valence-electron chi connectivity index (χ0n) is 17.4. The van der Waals surface area contributed by atoms with E-state index in [0.717, 1.165) is 27.7 Å². The van der Waals surface area contributed by atoms with Crippen molar-refractivity contribution in [3.05, 3.63) is 32.3 Å². The van der Waals surface area contributed by atoms with Crippen molar-refractivity contribution in [3.8, 4) is 11.1 Å². The lowest BCUT2D eigenvalue weighted by atomic mass is 9.96. The Bertz CT molecular complexity index is 1440. The first kappa shape index (κ1) is 28.9. The van der Waals surface area contributed by atoms with Gasteiger partial charge >= 0.3 is 0 Å². The Morgan fingerprint density at radius 3 is 0.706 bits per heavy atom. The van der Waals surface area contributed by atoms with E-state index in [1.54, 1.807) is 0 Å². The molecule has 0 aliphatic rings. The summed E-state index contributed by atoms with van der Waals surface area (Å²) in [5.41, 5.74) is -5.05. The average Bonchev–Trinajstić information content (AvgIpc) is 2.58. The first-order valence-electron chi connectivity index (χ1n) is 8.51. The van der Waals surface area contributed by atoms with Gasteiger partial charge in [0.15, 0.2) is 0 Å². The average molecular weight is 599 g/mol. The van der Waals surface area contributed by atoms with Crippen LogP contribution >= 0.6 is 23.2 Å². The van der Waals surface area contributed by atoms with E-state index in [0.29, 0.717) is 0 Å². The molecule has 2 aromatic rings. The van der Waals surface area contributed by atoms with Crippen LogP contribution in [0.5, 0.6) is 0 Å². The molecular weight excluding hydrogens is 583 g/mol. The van der Waals surface area contributed by atoms with Gasteiger partial charge in [0.25, 0.3) is 40.5 Å². The molecule has 2 aromatic carbocycles. The minimum Gasteiger partial charge on any atom is -0.282 e. The highest BCUT2D eigenvalue weighted by Crippen LogP contribution is 2.49. The van der Waals surface area contributed by atoms with Gasteiger partial charge < -0.3 is 0 Å². The van der Waals surface area contributed by atoms with Gasteiger partial charge in [0.2, 0.25) is 0 Å². The first-order valence-corrected chi connectivity index (χ1v) is 15.0. The van der Waals surface area contributed by atoms with Gasteiger partial charge in [-0.15, -0.1) is 0 Å². The van der Waals surface area contributed by atoms with Gasteiger partial charge in [-0.1, -0.05) is 23.2 Å². The minimum absolute atomic E-state index is 0.572. The predicted molar refractivity (Wildman–Crippen MR) is 120 cm³/mol. The minimum atomic E-state index is -5.54. The Balaban J connectivity index is 3.75. The Kier molecular flexibility index (Phi) is 7.35. The molecule has 0 amide bonds. The SMILES string of the molecule is Cc1c(Cl)c(C)c(S(=O)(=O)O)c(-c2c(S(=O)(=O)O)c(C)c(Cl)c(C)c2S(=O)(=O)O)c1S(=O)(=O)O. The highest BCUT2D eigenvalue weighted by molar-refractivity contribution is 7.88. The van der Waals surface area contributed by atoms with E-state index >= 15 is 0 Å². The van der Waals surface area contributed by atoms with Gasteiger partial charge in [-0.05, 0) is 49.9 Å². The molecule has 2 rings (SSSR count). The van der Waals surface area contributed by atoms with E-state index < -0.39 is 103 Å². The normalized spacial score (nSPS) is 13.4. The topological polar surface area (TPSA) is 217 Å². The highest BCUT2D eigenvalue weighted by atomic mass is 35.5. The predicted octanol–water partition coefficient (Wildman–Crippen LogP) is 2.88. The maximum atomic E-state index is 12.3. The van der Waals surface area contributed by atoms with Crippen molar-refractivity contribution in [3.63, 3.8) is 0 Å². The van der Waals surface area contributed by atoms with Crippen LogP contribution < -0.4 is 0 Å². The van der Waals surface area contributed by atoms with Gasteiger partial charge in [-0.2, -0.15) is 33.7 Å². The van der Waals surface area contributed by atoms with Crippen molar-refractivity contribution >= 4 is 63.7 Å². The molecule has 190 valence electrons. The fraction of sp³-hybridized carbons (Fsp3) is 0.250. The molecule has 0 aromatic heterocycles. The van der Waals surface area contributed by atoms with Crippen LogP contribution in [0, 0.1) is 27.7 Å². The van der Waals surface area contributed by atoms with Crippen LogP contribution in [0.25, 0.3) is 11.1 Å². The number of hydrogen-bond donors (Lipinski definition) is 4. The van der Waals surface area contributed by atoms with Gasteiger partial charge in [0.1, 0.15) is 19.6 Å². The van der Waals surface area contributed by atoms with Crippen LogP contribution in [0.2, 0.25) is 10.0 Å². The van der Waals surface area contributed by atoms with Crippen molar-refractivity contribution < 1.29 is 51.9 Å². The molecule has 0 saturated heterocycles. The summed E-state index contributed by atoms with van der Waals surface area (Å²) in [7, 11) is -22.2. The van der Waals surface area contributed by atoms with Crippen LogP contribution in [0.4, 0.5) is 0 Å². The van der Waals surface area contributed by atoms with Gasteiger partial charge in [-0.3, -0.25) is 18.2 Å². The molecular formula is C16H16Cl2O12S4. The lowest BCUT2D eigenvalue weighted by molar-refractivity contribution is 0.473. The quantitative estimate of drug-likeness (QED) is 0.365. The largest absolute Gasteiger partial charge is 0.295 e. The molecule has 0 radical (unpaired) electrons. The van der Waals surface area contributed by atoms with Crippen molar-refractivity contribution in [1.82, 2.24) is 0 Å². The third-order valence-electron chi connectivity index (χ3n) is 4.87. The maximum absolute atomic E-state index is 12.3. The van der Waals surface area contributed by atoms with Crippen molar-refractivity contribution in [1.29, 1.82) is 0 Å². The van der Waals surface area contributed by atoms with Crippen molar-refractivity contribution in [2.24, 2.45) is 0 Å². The summed E-state index contributed by atoms with van der Waals surface area (Å²) in [6.07, 6.45) is 0. The van der Waals surface area contributed by atoms with E-state index in [4.69, 9.17) is 23.2 Å². The zero-order valence-corrected chi connectivity index (χ0v) is 22.2. The Morgan fingerprint density at radius 1 is 0.441 bits per heavy atom. The standard InChI is InChI=1S/C16H16Cl2O12S4/c1-5-11(17)6(2)14(32(22,23)24)9(13(5)31(19,20)21)10-15(33(25,26)27)7(3)12(18)8(4)16(10)34(28,29)30/h1-4H3,(H,19,20,21)(H,22,23,24)(H,25,26,27)(H,28,29,30). The third-order valence-corrected chi connectivity index (χ3v) is 10.1. The molecule has 18 heteroatoms. The third kappa shape index (κ3) is 4.84. The molecule has 4 N–H and O–H groups in total. The first-order chi connectivity index (χ1) is 15.0. The zero-order chi connectivity index (χ0) is 26.9. The van der Waals surface area contributed by atoms with Crippen LogP contribution in [0.15, 0.2) is 19.6 Å². The molecule has 0 bridgehead atoms. The van der Waals surface area contributed by atoms with Crippen LogP contribution in [-0.4, -0.2) is 51.9 Å². The molecule has 34 heavy (non-hydrogen) atoms. The summed E-state index contributed by atoms with van der Waals surface area (Å²) in [6, 6.07) is 0. The summed E-state index contributed by atoms with van der Waals surface area (Å²) in [6.45, 7) is 3.86. The molecule has 0 atom stereocenters. The molecule has 0 fully saturated rings. The molecule has 12 nitrogen and oxygen atoms in total. The van der Waals surface area contributed by atoms with Crippen LogP contribution in [-0.2, 0) is 40.5 Å². The molecule has 0 unspecified atom stereocenters. The summed E-state index contributed by atoms with van der Waals surface area (Å²) in [5.74, 6) is 0. The van der Waals surface area contributed by atoms with E-state index in [1.807, 2.05) is 0 Å². The van der Waals surface area contributed by atoms with Gasteiger partial charge in [0.05, 0.1) is 0 Å². The molecule has 0 spiro atoms. The van der Waals surface area contributed by atoms with Gasteiger partial charge in [0, 0.05) is 21.2 Å². The number of benzene rings is 2.